The van der Waals surface area contributed by atoms with Crippen LogP contribution in [0.5, 0.6) is 17.2 Å². The molecule has 3 aromatic rings. The molecule has 0 fully saturated rings. The van der Waals surface area contributed by atoms with Gasteiger partial charge in [0.1, 0.15) is 23.1 Å². The zero-order chi connectivity index (χ0) is 20.3. The third-order valence-corrected chi connectivity index (χ3v) is 4.08. The molecule has 8 nitrogen and oxygen atoms in total. The summed E-state index contributed by atoms with van der Waals surface area (Å²) < 4.78 is 35.0. The van der Waals surface area contributed by atoms with Crippen molar-refractivity contribution in [2.45, 2.75) is 13.5 Å². The zero-order valence-electron chi connectivity index (χ0n) is 15.5. The largest absolute Gasteiger partial charge is 0.497 e. The average molecular weight is 387 g/mol. The van der Waals surface area contributed by atoms with Gasteiger partial charge in [0, 0.05) is 11.6 Å². The van der Waals surface area contributed by atoms with Gasteiger partial charge >= 0.3 is 0 Å². The minimum Gasteiger partial charge on any atom is -0.497 e. The van der Waals surface area contributed by atoms with Gasteiger partial charge in [0.2, 0.25) is 5.82 Å². The number of aromatic nitrogens is 2. The lowest BCUT2D eigenvalue weighted by atomic mass is 10.1. The van der Waals surface area contributed by atoms with Gasteiger partial charge in [0.15, 0.2) is 6.61 Å². The quantitative estimate of drug-likeness (QED) is 0.664. The van der Waals surface area contributed by atoms with Gasteiger partial charge in [-0.25, -0.2) is 4.39 Å². The van der Waals surface area contributed by atoms with Crippen LogP contribution < -0.4 is 19.9 Å². The first kappa shape index (κ1) is 19.2. The highest BCUT2D eigenvalue weighted by molar-refractivity contribution is 5.95. The number of methoxy groups -OCH3 is 2. The van der Waals surface area contributed by atoms with Crippen molar-refractivity contribution in [2.24, 2.45) is 5.73 Å². The number of amides is 1. The Labute approximate surface area is 160 Å². The van der Waals surface area contributed by atoms with Crippen molar-refractivity contribution in [3.05, 3.63) is 53.2 Å². The number of hydrogen-bond acceptors (Lipinski definition) is 7. The molecular weight excluding hydrogens is 369 g/mol. The van der Waals surface area contributed by atoms with E-state index in [0.29, 0.717) is 28.5 Å². The second kappa shape index (κ2) is 7.95. The van der Waals surface area contributed by atoms with Gasteiger partial charge in [-0.1, -0.05) is 5.16 Å². The third-order valence-electron chi connectivity index (χ3n) is 4.08. The van der Waals surface area contributed by atoms with Crippen LogP contribution in [0, 0.1) is 12.7 Å². The van der Waals surface area contributed by atoms with Crippen molar-refractivity contribution in [2.75, 3.05) is 14.2 Å². The maximum Gasteiger partial charge on any atom is 0.264 e. The van der Waals surface area contributed by atoms with E-state index in [-0.39, 0.29) is 23.8 Å². The Morgan fingerprint density at radius 2 is 1.96 bits per heavy atom. The SMILES string of the molecule is COc1ccc(-c2noc(COc3ccc(F)c(C(N)=O)c3C)n2)c(OC)c1. The van der Waals surface area contributed by atoms with E-state index < -0.39 is 11.7 Å². The van der Waals surface area contributed by atoms with E-state index in [2.05, 4.69) is 10.1 Å². The molecule has 0 aliphatic rings. The van der Waals surface area contributed by atoms with E-state index in [1.54, 1.807) is 32.2 Å². The normalized spacial score (nSPS) is 10.6. The van der Waals surface area contributed by atoms with Crippen LogP contribution in [0.1, 0.15) is 21.8 Å². The number of halogens is 1. The second-order valence-electron chi connectivity index (χ2n) is 5.78. The van der Waals surface area contributed by atoms with E-state index in [9.17, 15) is 9.18 Å². The fourth-order valence-corrected chi connectivity index (χ4v) is 2.66. The Morgan fingerprint density at radius 3 is 2.64 bits per heavy atom. The Bertz CT molecular complexity index is 1020. The molecule has 3 rings (SSSR count). The lowest BCUT2D eigenvalue weighted by molar-refractivity contribution is 0.0995. The summed E-state index contributed by atoms with van der Waals surface area (Å²) in [4.78, 5) is 15.7. The molecule has 28 heavy (non-hydrogen) atoms. The fraction of sp³-hybridized carbons (Fsp3) is 0.211. The monoisotopic (exact) mass is 387 g/mol. The van der Waals surface area contributed by atoms with Crippen LogP contribution in [0.3, 0.4) is 0 Å². The minimum absolute atomic E-state index is 0.0733. The van der Waals surface area contributed by atoms with Crippen molar-refractivity contribution >= 4 is 5.91 Å². The van der Waals surface area contributed by atoms with Crippen LogP contribution in [0.4, 0.5) is 4.39 Å². The number of hydrogen-bond donors (Lipinski definition) is 1. The molecular formula is C19H18FN3O5. The molecule has 0 radical (unpaired) electrons. The van der Waals surface area contributed by atoms with Crippen LogP contribution in [-0.2, 0) is 6.61 Å². The molecule has 0 saturated heterocycles. The van der Waals surface area contributed by atoms with Crippen molar-refractivity contribution in [1.82, 2.24) is 10.1 Å². The van der Waals surface area contributed by atoms with Crippen molar-refractivity contribution in [1.29, 1.82) is 0 Å². The number of carbonyl (C=O) groups excluding carboxylic acids is 1. The summed E-state index contributed by atoms with van der Waals surface area (Å²) in [6.45, 7) is 1.47. The number of ether oxygens (including phenoxy) is 3. The molecule has 0 aliphatic heterocycles. The molecule has 1 amide bonds. The standard InChI is InChI=1S/C19H18FN3O5/c1-10-14(7-6-13(20)17(10)18(21)24)27-9-16-22-19(23-28-16)12-5-4-11(25-2)8-15(12)26-3/h4-8H,9H2,1-3H3,(H2,21,24). The predicted molar refractivity (Wildman–Crippen MR) is 96.8 cm³/mol. The summed E-state index contributed by atoms with van der Waals surface area (Å²) in [6, 6.07) is 7.72. The van der Waals surface area contributed by atoms with Gasteiger partial charge in [-0.2, -0.15) is 4.98 Å². The Balaban J connectivity index is 1.80. The van der Waals surface area contributed by atoms with Gasteiger partial charge in [0.25, 0.3) is 11.8 Å². The highest BCUT2D eigenvalue weighted by Gasteiger charge is 2.18. The minimum atomic E-state index is -0.868. The lowest BCUT2D eigenvalue weighted by Crippen LogP contribution is -2.15. The number of rotatable bonds is 7. The van der Waals surface area contributed by atoms with Crippen molar-refractivity contribution in [3.63, 3.8) is 0 Å². The predicted octanol–water partition coefficient (Wildman–Crippen LogP) is 2.88. The zero-order valence-corrected chi connectivity index (χ0v) is 15.5. The van der Waals surface area contributed by atoms with Crippen LogP contribution in [0.2, 0.25) is 0 Å². The first-order chi connectivity index (χ1) is 13.4. The molecule has 0 aliphatic carbocycles. The maximum absolute atomic E-state index is 13.7. The van der Waals surface area contributed by atoms with Crippen LogP contribution in [0.25, 0.3) is 11.4 Å². The first-order valence-electron chi connectivity index (χ1n) is 8.21. The summed E-state index contributed by atoms with van der Waals surface area (Å²) in [5.41, 5.74) is 5.91. The van der Waals surface area contributed by atoms with E-state index in [0.717, 1.165) is 6.07 Å². The smallest absolute Gasteiger partial charge is 0.264 e. The van der Waals surface area contributed by atoms with Crippen LogP contribution in [-0.4, -0.2) is 30.3 Å². The molecule has 0 spiro atoms. The first-order valence-corrected chi connectivity index (χ1v) is 8.21. The van der Waals surface area contributed by atoms with Gasteiger partial charge in [-0.3, -0.25) is 4.79 Å². The molecule has 0 saturated carbocycles. The average Bonchev–Trinajstić information content (AvgIpc) is 3.15. The van der Waals surface area contributed by atoms with Crippen LogP contribution in [0.15, 0.2) is 34.9 Å². The summed E-state index contributed by atoms with van der Waals surface area (Å²) in [5, 5.41) is 3.92. The Hall–Kier alpha value is -3.62. The molecule has 2 aromatic carbocycles. The van der Waals surface area contributed by atoms with E-state index >= 15 is 0 Å². The fourth-order valence-electron chi connectivity index (χ4n) is 2.66. The number of carbonyl (C=O) groups is 1. The molecule has 0 bridgehead atoms. The highest BCUT2D eigenvalue weighted by atomic mass is 19.1. The molecule has 2 N–H and O–H groups in total. The maximum atomic E-state index is 13.7. The van der Waals surface area contributed by atoms with Gasteiger partial charge < -0.3 is 24.5 Å². The van der Waals surface area contributed by atoms with Gasteiger partial charge in [-0.05, 0) is 31.2 Å². The summed E-state index contributed by atoms with van der Waals surface area (Å²) in [7, 11) is 3.08. The Kier molecular flexibility index (Phi) is 5.44. The molecule has 1 aromatic heterocycles. The number of nitrogens with zero attached hydrogens (tertiary/aromatic N) is 2. The van der Waals surface area contributed by atoms with Crippen molar-refractivity contribution < 1.29 is 27.9 Å². The summed E-state index contributed by atoms with van der Waals surface area (Å²) in [6.07, 6.45) is 0. The van der Waals surface area contributed by atoms with Gasteiger partial charge in [0.05, 0.1) is 25.3 Å². The topological polar surface area (TPSA) is 110 Å². The molecule has 9 heteroatoms. The van der Waals surface area contributed by atoms with Crippen molar-refractivity contribution in [3.8, 4) is 28.6 Å². The summed E-state index contributed by atoms with van der Waals surface area (Å²) >= 11 is 0. The number of primary amides is 1. The highest BCUT2D eigenvalue weighted by Crippen LogP contribution is 2.32. The second-order valence-corrected chi connectivity index (χ2v) is 5.78. The Morgan fingerprint density at radius 1 is 1.18 bits per heavy atom. The number of nitrogens with two attached hydrogens (primary N) is 1. The molecule has 0 atom stereocenters. The third kappa shape index (κ3) is 3.73. The number of benzene rings is 2. The van der Waals surface area contributed by atoms with E-state index in [1.807, 2.05) is 0 Å². The lowest BCUT2D eigenvalue weighted by Gasteiger charge is -2.10. The van der Waals surface area contributed by atoms with Crippen LogP contribution >= 0.6 is 0 Å². The van der Waals surface area contributed by atoms with E-state index in [1.165, 1.54) is 13.2 Å². The van der Waals surface area contributed by atoms with E-state index in [4.69, 9.17) is 24.5 Å². The molecule has 146 valence electrons. The summed E-state index contributed by atoms with van der Waals surface area (Å²) in [5.74, 6) is 0.370. The molecule has 0 unspecified atom stereocenters. The molecule has 1 heterocycles. The van der Waals surface area contributed by atoms with Gasteiger partial charge in [-0.15, -0.1) is 0 Å².